The molecule has 1 aromatic heterocycles. The third-order valence-corrected chi connectivity index (χ3v) is 5.68. The summed E-state index contributed by atoms with van der Waals surface area (Å²) >= 11 is 0. The molecule has 0 amide bonds. The molecule has 3 aromatic carbocycles. The quantitative estimate of drug-likeness (QED) is 0.279. The second-order valence-electron chi connectivity index (χ2n) is 7.90. The number of aliphatic imine (C=N–C) groups is 2. The molecular formula is C30H29N3. The molecule has 164 valence electrons. The minimum absolute atomic E-state index is 0.836. The summed E-state index contributed by atoms with van der Waals surface area (Å²) in [7, 11) is 0. The fraction of sp³-hybridized carbons (Fsp3) is 0.167. The summed E-state index contributed by atoms with van der Waals surface area (Å²) in [4.78, 5) is 15.0. The maximum Gasteiger partial charge on any atom is 0.0966 e. The Labute approximate surface area is 196 Å². The van der Waals surface area contributed by atoms with Crippen molar-refractivity contribution in [2.24, 2.45) is 9.98 Å². The Kier molecular flexibility index (Phi) is 7.21. The van der Waals surface area contributed by atoms with Gasteiger partial charge in [0.25, 0.3) is 0 Å². The van der Waals surface area contributed by atoms with Crippen LogP contribution in [0.2, 0.25) is 0 Å². The highest BCUT2D eigenvalue weighted by Gasteiger charge is 2.12. The summed E-state index contributed by atoms with van der Waals surface area (Å²) < 4.78 is 0. The highest BCUT2D eigenvalue weighted by atomic mass is 14.8. The Balaban J connectivity index is 1.80. The van der Waals surface area contributed by atoms with Gasteiger partial charge in [-0.25, -0.2) is 9.98 Å². The van der Waals surface area contributed by atoms with Crippen LogP contribution in [0.25, 0.3) is 0 Å². The number of nitrogens with zero attached hydrogens (tertiary/aromatic N) is 3. The van der Waals surface area contributed by atoms with Crippen LogP contribution in [0.5, 0.6) is 0 Å². The van der Waals surface area contributed by atoms with Crippen LogP contribution < -0.4 is 0 Å². The first-order chi connectivity index (χ1) is 16.2. The van der Waals surface area contributed by atoms with E-state index in [-0.39, 0.29) is 0 Å². The first-order valence-corrected chi connectivity index (χ1v) is 11.5. The van der Waals surface area contributed by atoms with Crippen LogP contribution in [0.1, 0.15) is 48.8 Å². The van der Waals surface area contributed by atoms with E-state index in [4.69, 9.17) is 15.0 Å². The van der Waals surface area contributed by atoms with Gasteiger partial charge in [-0.2, -0.15) is 0 Å². The molecule has 0 saturated heterocycles. The smallest absolute Gasteiger partial charge is 0.0966 e. The maximum atomic E-state index is 5.10. The summed E-state index contributed by atoms with van der Waals surface area (Å²) in [5.74, 6) is 0. The summed E-state index contributed by atoms with van der Waals surface area (Å²) in [6.45, 7) is 6.33. The lowest BCUT2D eigenvalue weighted by molar-refractivity contribution is 1.13. The predicted octanol–water partition coefficient (Wildman–Crippen LogP) is 7.52. The van der Waals surface area contributed by atoms with E-state index >= 15 is 0 Å². The van der Waals surface area contributed by atoms with Gasteiger partial charge in [-0.15, -0.1) is 0 Å². The van der Waals surface area contributed by atoms with Crippen LogP contribution in [0.4, 0.5) is 11.4 Å². The Hall–Kier alpha value is -3.85. The number of benzene rings is 3. The minimum Gasteiger partial charge on any atom is -0.251 e. The predicted molar refractivity (Wildman–Crippen MR) is 139 cm³/mol. The van der Waals surface area contributed by atoms with Crippen molar-refractivity contribution >= 4 is 22.8 Å². The van der Waals surface area contributed by atoms with Crippen LogP contribution in [0.15, 0.2) is 107 Å². The molecule has 0 saturated carbocycles. The highest BCUT2D eigenvalue weighted by Crippen LogP contribution is 2.23. The fourth-order valence-electron chi connectivity index (χ4n) is 3.83. The average molecular weight is 432 g/mol. The molecule has 4 aromatic rings. The van der Waals surface area contributed by atoms with Crippen molar-refractivity contribution in [3.8, 4) is 0 Å². The normalized spacial score (nSPS) is 12.1. The summed E-state index contributed by atoms with van der Waals surface area (Å²) in [5, 5.41) is 0. The van der Waals surface area contributed by atoms with Crippen molar-refractivity contribution in [2.45, 2.75) is 33.6 Å². The number of hydrogen-bond acceptors (Lipinski definition) is 3. The van der Waals surface area contributed by atoms with Crippen molar-refractivity contribution in [3.05, 3.63) is 125 Å². The van der Waals surface area contributed by atoms with Gasteiger partial charge in [-0.1, -0.05) is 86.6 Å². The largest absolute Gasteiger partial charge is 0.251 e. The van der Waals surface area contributed by atoms with Gasteiger partial charge in [-0.3, -0.25) is 4.99 Å². The average Bonchev–Trinajstić information content (AvgIpc) is 2.88. The first-order valence-electron chi connectivity index (χ1n) is 11.5. The molecule has 3 nitrogen and oxygen atoms in total. The molecule has 0 spiro atoms. The van der Waals surface area contributed by atoms with Gasteiger partial charge in [0.1, 0.15) is 0 Å². The number of hydrogen-bond donors (Lipinski definition) is 0. The van der Waals surface area contributed by atoms with Gasteiger partial charge in [0.2, 0.25) is 0 Å². The number of aromatic nitrogens is 1. The zero-order chi connectivity index (χ0) is 23.0. The molecule has 0 N–H and O–H groups in total. The third-order valence-electron chi connectivity index (χ3n) is 5.68. The van der Waals surface area contributed by atoms with Crippen LogP contribution in [-0.4, -0.2) is 16.4 Å². The van der Waals surface area contributed by atoms with E-state index in [1.807, 2.05) is 55.5 Å². The van der Waals surface area contributed by atoms with Gasteiger partial charge < -0.3 is 0 Å². The number of aryl methyl sites for hydroxylation is 2. The molecule has 33 heavy (non-hydrogen) atoms. The first kappa shape index (κ1) is 22.3. The molecule has 1 heterocycles. The molecule has 0 atom stereocenters. The van der Waals surface area contributed by atoms with E-state index in [0.29, 0.717) is 0 Å². The lowest BCUT2D eigenvalue weighted by atomic mass is 10.0. The monoisotopic (exact) mass is 431 g/mol. The lowest BCUT2D eigenvalue weighted by Gasteiger charge is -2.11. The fourth-order valence-corrected chi connectivity index (χ4v) is 3.83. The summed E-state index contributed by atoms with van der Waals surface area (Å²) in [6.07, 6.45) is 1.87. The second kappa shape index (κ2) is 10.6. The topological polar surface area (TPSA) is 37.6 Å². The van der Waals surface area contributed by atoms with Crippen LogP contribution >= 0.6 is 0 Å². The summed E-state index contributed by atoms with van der Waals surface area (Å²) in [6, 6.07) is 32.9. The third kappa shape index (κ3) is 5.32. The summed E-state index contributed by atoms with van der Waals surface area (Å²) in [5.41, 5.74) is 8.91. The van der Waals surface area contributed by atoms with Gasteiger partial charge >= 0.3 is 0 Å². The zero-order valence-corrected chi connectivity index (χ0v) is 19.5. The standard InChI is InChI=1S/C30H29N3/c1-4-23-14-9-11-18-27(23)31-22(3)26-20-13-21-29(32-26)30(25-16-7-6-8-17-25)33-28-19-12-10-15-24(28)5-2/h6-21H,4-5H2,1-3H3. The maximum absolute atomic E-state index is 5.10. The Morgan fingerprint density at radius 2 is 1.15 bits per heavy atom. The van der Waals surface area contributed by atoms with E-state index in [1.54, 1.807) is 0 Å². The molecule has 0 fully saturated rings. The molecule has 0 aliphatic rings. The highest BCUT2D eigenvalue weighted by molar-refractivity contribution is 6.13. The van der Waals surface area contributed by atoms with Crippen molar-refractivity contribution in [1.82, 2.24) is 4.98 Å². The molecular weight excluding hydrogens is 402 g/mol. The van der Waals surface area contributed by atoms with Crippen LogP contribution in [0, 0.1) is 0 Å². The van der Waals surface area contributed by atoms with Gasteiger partial charge in [0.15, 0.2) is 0 Å². The van der Waals surface area contributed by atoms with Crippen LogP contribution in [-0.2, 0) is 12.8 Å². The van der Waals surface area contributed by atoms with E-state index in [9.17, 15) is 0 Å². The molecule has 0 bridgehead atoms. The van der Waals surface area contributed by atoms with Crippen molar-refractivity contribution < 1.29 is 0 Å². The minimum atomic E-state index is 0.836. The second-order valence-corrected chi connectivity index (χ2v) is 7.90. The van der Waals surface area contributed by atoms with E-state index in [2.05, 4.69) is 62.4 Å². The lowest BCUT2D eigenvalue weighted by Crippen LogP contribution is -2.09. The number of pyridine rings is 1. The van der Waals surface area contributed by atoms with Gasteiger partial charge in [0, 0.05) is 5.56 Å². The molecule has 3 heteroatoms. The van der Waals surface area contributed by atoms with Crippen LogP contribution in [0.3, 0.4) is 0 Å². The molecule has 0 radical (unpaired) electrons. The molecule has 0 aliphatic carbocycles. The number of rotatable bonds is 7. The number of para-hydroxylation sites is 2. The van der Waals surface area contributed by atoms with E-state index < -0.39 is 0 Å². The van der Waals surface area contributed by atoms with Crippen molar-refractivity contribution in [1.29, 1.82) is 0 Å². The Bertz CT molecular complexity index is 1290. The zero-order valence-electron chi connectivity index (χ0n) is 19.5. The molecule has 0 unspecified atom stereocenters. The SMILES string of the molecule is CCc1ccccc1N=C(C)c1cccc(C(=Nc2ccccc2CC)c2ccccc2)n1. The molecule has 4 rings (SSSR count). The van der Waals surface area contributed by atoms with E-state index in [1.165, 1.54) is 11.1 Å². The Morgan fingerprint density at radius 3 is 1.79 bits per heavy atom. The molecule has 0 aliphatic heterocycles. The van der Waals surface area contributed by atoms with Crippen molar-refractivity contribution in [3.63, 3.8) is 0 Å². The van der Waals surface area contributed by atoms with Crippen molar-refractivity contribution in [2.75, 3.05) is 0 Å². The van der Waals surface area contributed by atoms with Gasteiger partial charge in [-0.05, 0) is 55.2 Å². The Morgan fingerprint density at radius 1 is 0.606 bits per heavy atom. The van der Waals surface area contributed by atoms with E-state index in [0.717, 1.165) is 52.6 Å². The van der Waals surface area contributed by atoms with Gasteiger partial charge in [0.05, 0.1) is 34.2 Å².